The van der Waals surface area contributed by atoms with Crippen LogP contribution in [0.2, 0.25) is 0 Å². The molecule has 0 N–H and O–H groups in total. The lowest BCUT2D eigenvalue weighted by Crippen LogP contribution is -2.13. The number of unbranched alkanes of at least 4 members (excludes halogenated alkanes) is 8. The summed E-state index contributed by atoms with van der Waals surface area (Å²) in [6.07, 6.45) is 15.8. The predicted molar refractivity (Wildman–Crippen MR) is 295 cm³/mol. The molecule has 0 bridgehead atoms. The van der Waals surface area contributed by atoms with Crippen molar-refractivity contribution in [2.75, 3.05) is 0 Å². The summed E-state index contributed by atoms with van der Waals surface area (Å²) in [6, 6.07) is 28.3. The van der Waals surface area contributed by atoms with Crippen LogP contribution in [0.5, 0.6) is 0 Å². The first-order valence-electron chi connectivity index (χ1n) is 24.3. The molecule has 0 radical (unpaired) electrons. The first-order valence-corrected chi connectivity index (χ1v) is 29.2. The predicted octanol–water partition coefficient (Wildman–Crippen LogP) is 20.6. The van der Waals surface area contributed by atoms with Crippen molar-refractivity contribution >= 4 is 99.2 Å². The molecule has 1 atom stereocenters. The molecule has 0 aliphatic carbocycles. The molecule has 340 valence electrons. The lowest BCUT2D eigenvalue weighted by molar-refractivity contribution is 0.327. The quantitative estimate of drug-likeness (QED) is 0.0672. The van der Waals surface area contributed by atoms with Crippen LogP contribution in [0.25, 0.3) is 82.7 Å². The Morgan fingerprint density at radius 3 is 1.54 bits per heavy atom. The zero-order valence-corrected chi connectivity index (χ0v) is 44.5. The zero-order valence-electron chi connectivity index (χ0n) is 39.6. The fourth-order valence-corrected chi connectivity index (χ4v) is 16.0. The molecule has 0 fully saturated rings. The van der Waals surface area contributed by atoms with Crippen LogP contribution in [0.1, 0.15) is 150 Å². The minimum absolute atomic E-state index is 0.480. The summed E-state index contributed by atoms with van der Waals surface area (Å²) in [7, 11) is 0. The van der Waals surface area contributed by atoms with E-state index in [0.717, 1.165) is 17.6 Å². The van der Waals surface area contributed by atoms with Crippen molar-refractivity contribution in [3.05, 3.63) is 92.3 Å². The lowest BCUT2D eigenvalue weighted by Gasteiger charge is -2.16. The third kappa shape index (κ3) is 10.1. The second-order valence-corrected chi connectivity index (χ2v) is 25.8. The fraction of sp³-hybridized carbons (Fsp3) is 0.429. The van der Waals surface area contributed by atoms with E-state index >= 15 is 0 Å². The van der Waals surface area contributed by atoms with Crippen molar-refractivity contribution in [3.63, 3.8) is 0 Å². The van der Waals surface area contributed by atoms with E-state index in [9.17, 15) is 0 Å². The molecule has 0 amide bonds. The molecule has 0 aliphatic rings. The van der Waals surface area contributed by atoms with Crippen LogP contribution in [0, 0.1) is 19.8 Å². The monoisotopic (exact) mass is 971 g/mol. The second kappa shape index (κ2) is 20.8. The van der Waals surface area contributed by atoms with E-state index in [-0.39, 0.29) is 0 Å². The van der Waals surface area contributed by atoms with Gasteiger partial charge in [-0.3, -0.25) is 0 Å². The maximum Gasteiger partial charge on any atom is 0.122 e. The highest BCUT2D eigenvalue weighted by atomic mass is 32.1. The average molecular weight is 973 g/mol. The van der Waals surface area contributed by atoms with Gasteiger partial charge < -0.3 is 0 Å². The maximum atomic E-state index is 5.45. The van der Waals surface area contributed by atoms with Gasteiger partial charge in [0.1, 0.15) is 11.0 Å². The van der Waals surface area contributed by atoms with Crippen molar-refractivity contribution < 1.29 is 0 Å². The summed E-state index contributed by atoms with van der Waals surface area (Å²) < 4.78 is 2.82. The first kappa shape index (κ1) is 46.7. The molecule has 65 heavy (non-hydrogen) atoms. The number of hydrogen-bond acceptors (Lipinski definition) is 8. The maximum absolute atomic E-state index is 5.45. The molecule has 7 aromatic heterocycles. The van der Waals surface area contributed by atoms with Crippen molar-refractivity contribution in [1.29, 1.82) is 0 Å². The Morgan fingerprint density at radius 2 is 0.969 bits per heavy atom. The molecule has 0 saturated carbocycles. The van der Waals surface area contributed by atoms with Crippen molar-refractivity contribution in [2.24, 2.45) is 5.92 Å². The molecule has 9 aromatic rings. The highest BCUT2D eigenvalue weighted by Crippen LogP contribution is 2.54. The Morgan fingerprint density at radius 1 is 0.462 bits per heavy atom. The Hall–Kier alpha value is -3.44. The SMILES string of the molecule is CCCCCCCCC(CCCCCC)Cn1nc2c(-c3ccc(-c4cc5c(-c6ccc(C)s6)c6sc(C(C)C)cc6c(-c6ccc(C)s6)c5s4)s3)ccc(-c3ccc(C(C)C)s3)c2n1. The van der Waals surface area contributed by atoms with Crippen LogP contribution in [0.15, 0.2) is 72.8 Å². The van der Waals surface area contributed by atoms with E-state index in [4.69, 9.17) is 10.2 Å². The van der Waals surface area contributed by atoms with Gasteiger partial charge in [0.05, 0.1) is 6.54 Å². The Balaban J connectivity index is 1.12. The summed E-state index contributed by atoms with van der Waals surface area (Å²) in [6.45, 7) is 19.2. The summed E-state index contributed by atoms with van der Waals surface area (Å²) in [4.78, 5) is 15.6. The number of aryl methyl sites for hydroxylation is 2. The molecule has 0 saturated heterocycles. The van der Waals surface area contributed by atoms with Crippen LogP contribution < -0.4 is 0 Å². The number of fused-ring (bicyclic) bond motifs is 3. The van der Waals surface area contributed by atoms with Crippen LogP contribution in [0.4, 0.5) is 0 Å². The molecular formula is C56H65N3S6. The van der Waals surface area contributed by atoms with Gasteiger partial charge in [-0.1, -0.05) is 118 Å². The molecule has 2 aromatic carbocycles. The number of hydrogen-bond donors (Lipinski definition) is 0. The standard InChI is InChI=1S/C56H65N3S6/c1-9-11-13-15-16-18-20-38(19-17-14-12-10-2)33-59-57-53-39(44-28-27-43(62-44)34(3)4)23-24-40(54(53)58-59)45-29-30-46(63-45)50-32-42-52(48-26-22-37(8)61-48)55-41(31-49(64-55)35(5)6)51(56(42)65-50)47-25-21-36(7)60-47/h21-32,34-35,38H,9-20,33H2,1-8H3. The first-order chi connectivity index (χ1) is 31.6. The Labute approximate surface area is 411 Å². The van der Waals surface area contributed by atoms with Gasteiger partial charge in [-0.2, -0.15) is 15.0 Å². The van der Waals surface area contributed by atoms with E-state index in [1.54, 1.807) is 0 Å². The minimum Gasteiger partial charge on any atom is -0.183 e. The number of thiophene rings is 6. The summed E-state index contributed by atoms with van der Waals surface area (Å²) >= 11 is 11.6. The van der Waals surface area contributed by atoms with Gasteiger partial charge in [0, 0.05) is 91.2 Å². The molecule has 0 spiro atoms. The normalized spacial score (nSPS) is 12.7. The lowest BCUT2D eigenvalue weighted by atomic mass is 9.94. The van der Waals surface area contributed by atoms with Gasteiger partial charge in [-0.25, -0.2) is 0 Å². The van der Waals surface area contributed by atoms with E-state index < -0.39 is 0 Å². The van der Waals surface area contributed by atoms with Crippen LogP contribution >= 0.6 is 68.0 Å². The number of rotatable bonds is 21. The molecular weight excluding hydrogens is 907 g/mol. The van der Waals surface area contributed by atoms with Gasteiger partial charge in [0.15, 0.2) is 0 Å². The molecule has 9 heteroatoms. The number of nitrogens with zero attached hydrogens (tertiary/aromatic N) is 3. The minimum atomic E-state index is 0.480. The smallest absolute Gasteiger partial charge is 0.122 e. The van der Waals surface area contributed by atoms with Gasteiger partial charge in [-0.15, -0.1) is 68.0 Å². The number of aromatic nitrogens is 3. The van der Waals surface area contributed by atoms with Crippen LogP contribution in [-0.2, 0) is 6.54 Å². The second-order valence-electron chi connectivity index (χ2n) is 18.9. The Bertz CT molecular complexity index is 2910. The van der Waals surface area contributed by atoms with E-state index in [1.807, 2.05) is 68.0 Å². The topological polar surface area (TPSA) is 30.7 Å². The highest BCUT2D eigenvalue weighted by Gasteiger charge is 2.25. The average Bonchev–Trinajstić information content (AvgIpc) is 4.14. The number of benzene rings is 2. The molecule has 9 rings (SSSR count). The third-order valence-corrected chi connectivity index (χ3v) is 20.4. The largest absolute Gasteiger partial charge is 0.183 e. The van der Waals surface area contributed by atoms with Crippen LogP contribution in [0.3, 0.4) is 0 Å². The highest BCUT2D eigenvalue weighted by molar-refractivity contribution is 7.28. The van der Waals surface area contributed by atoms with Gasteiger partial charge in [0.25, 0.3) is 0 Å². The van der Waals surface area contributed by atoms with Gasteiger partial charge >= 0.3 is 0 Å². The van der Waals surface area contributed by atoms with Gasteiger partial charge in [-0.05, 0) is 105 Å². The molecule has 1 unspecified atom stereocenters. The van der Waals surface area contributed by atoms with E-state index in [0.29, 0.717) is 17.8 Å². The third-order valence-electron chi connectivity index (χ3n) is 13.0. The zero-order chi connectivity index (χ0) is 45.2. The van der Waals surface area contributed by atoms with E-state index in [1.165, 1.54) is 168 Å². The Kier molecular flexibility index (Phi) is 15.0. The van der Waals surface area contributed by atoms with Crippen molar-refractivity contribution in [2.45, 2.75) is 151 Å². The van der Waals surface area contributed by atoms with Crippen molar-refractivity contribution in [3.8, 4) is 51.5 Å². The van der Waals surface area contributed by atoms with E-state index in [2.05, 4.69) is 133 Å². The summed E-state index contributed by atoms with van der Waals surface area (Å²) in [5, 5.41) is 13.6. The summed E-state index contributed by atoms with van der Waals surface area (Å²) in [5.41, 5.74) is 7.27. The van der Waals surface area contributed by atoms with Gasteiger partial charge in [0.2, 0.25) is 0 Å². The van der Waals surface area contributed by atoms with Crippen molar-refractivity contribution in [1.82, 2.24) is 15.0 Å². The summed E-state index contributed by atoms with van der Waals surface area (Å²) in [5.74, 6) is 1.58. The molecule has 0 aliphatic heterocycles. The fourth-order valence-electron chi connectivity index (χ4n) is 9.39. The molecule has 7 heterocycles. The molecule has 3 nitrogen and oxygen atoms in total. The van der Waals surface area contributed by atoms with Crippen LogP contribution in [-0.4, -0.2) is 15.0 Å².